The zero-order valence-electron chi connectivity index (χ0n) is 9.53. The van der Waals surface area contributed by atoms with Crippen molar-refractivity contribution in [2.24, 2.45) is 11.7 Å². The molecule has 0 aliphatic carbocycles. The van der Waals surface area contributed by atoms with E-state index in [-0.39, 0.29) is 0 Å². The largest absolute Gasteiger partial charge is 0.375 e. The van der Waals surface area contributed by atoms with Crippen molar-refractivity contribution in [2.75, 3.05) is 6.61 Å². The molecule has 1 unspecified atom stereocenters. The van der Waals surface area contributed by atoms with Crippen molar-refractivity contribution in [3.63, 3.8) is 0 Å². The second-order valence-electron chi connectivity index (χ2n) is 3.85. The maximum atomic E-state index is 5.60. The number of aromatic nitrogens is 1. The number of nitrogens with zero attached hydrogens (tertiary/aromatic N) is 1. The molecule has 3 nitrogen and oxygen atoms in total. The first-order valence-electron chi connectivity index (χ1n) is 5.47. The third kappa shape index (κ3) is 4.73. The Morgan fingerprint density at radius 2 is 2.40 bits per heavy atom. The number of hydrogen-bond acceptors (Lipinski definition) is 4. The lowest BCUT2D eigenvalue weighted by molar-refractivity contribution is 0.0874. The van der Waals surface area contributed by atoms with Gasteiger partial charge in [-0.15, -0.1) is 11.3 Å². The molecule has 86 valence electrons. The van der Waals surface area contributed by atoms with Gasteiger partial charge in [0.15, 0.2) is 0 Å². The molecule has 0 aliphatic rings. The van der Waals surface area contributed by atoms with Crippen molar-refractivity contribution in [3.8, 4) is 0 Å². The van der Waals surface area contributed by atoms with E-state index in [4.69, 9.17) is 10.5 Å². The van der Waals surface area contributed by atoms with Gasteiger partial charge in [-0.05, 0) is 12.3 Å². The van der Waals surface area contributed by atoms with E-state index in [1.54, 1.807) is 11.3 Å². The van der Waals surface area contributed by atoms with Gasteiger partial charge in [-0.25, -0.2) is 4.98 Å². The number of rotatable bonds is 7. The third-order valence-electron chi connectivity index (χ3n) is 2.21. The quantitative estimate of drug-likeness (QED) is 0.780. The highest BCUT2D eigenvalue weighted by Crippen LogP contribution is 2.11. The Balaban J connectivity index is 2.19. The summed E-state index contributed by atoms with van der Waals surface area (Å²) in [7, 11) is 0. The van der Waals surface area contributed by atoms with Crippen LogP contribution >= 0.6 is 11.3 Å². The fourth-order valence-electron chi connectivity index (χ4n) is 1.45. The maximum absolute atomic E-state index is 5.60. The molecule has 1 rings (SSSR count). The highest BCUT2D eigenvalue weighted by atomic mass is 32.1. The Morgan fingerprint density at radius 3 is 3.00 bits per heavy atom. The molecule has 1 aromatic heterocycles. The number of nitrogens with two attached hydrogens (primary N) is 1. The van der Waals surface area contributed by atoms with Crippen LogP contribution in [0.1, 0.15) is 37.4 Å². The summed E-state index contributed by atoms with van der Waals surface area (Å²) in [5.41, 5.74) is 6.49. The Bertz CT molecular complexity index is 275. The smallest absolute Gasteiger partial charge is 0.107 e. The molecule has 0 radical (unpaired) electrons. The molecule has 0 aromatic carbocycles. The summed E-state index contributed by atoms with van der Waals surface area (Å²) < 4.78 is 5.60. The molecule has 1 atom stereocenters. The molecule has 0 spiro atoms. The summed E-state index contributed by atoms with van der Waals surface area (Å²) in [6.07, 6.45) is 2.45. The molecule has 2 N–H and O–H groups in total. The summed E-state index contributed by atoms with van der Waals surface area (Å²) in [4.78, 5) is 4.34. The molecule has 1 heterocycles. The van der Waals surface area contributed by atoms with Crippen LogP contribution in [0.5, 0.6) is 0 Å². The maximum Gasteiger partial charge on any atom is 0.107 e. The Labute approximate surface area is 95.7 Å². The SMILES string of the molecule is CCCC(C)COCc1csc(CN)n1. The van der Waals surface area contributed by atoms with Gasteiger partial charge in [0.1, 0.15) is 5.01 Å². The minimum atomic E-state index is 0.525. The fraction of sp³-hybridized carbons (Fsp3) is 0.727. The average molecular weight is 228 g/mol. The van der Waals surface area contributed by atoms with Crippen LogP contribution in [-0.2, 0) is 17.9 Å². The van der Waals surface area contributed by atoms with Gasteiger partial charge in [0.25, 0.3) is 0 Å². The second kappa shape index (κ2) is 6.93. The van der Waals surface area contributed by atoms with Crippen LogP contribution in [0.15, 0.2) is 5.38 Å². The molecule has 0 bridgehead atoms. The van der Waals surface area contributed by atoms with Gasteiger partial charge in [0.2, 0.25) is 0 Å². The lowest BCUT2D eigenvalue weighted by atomic mass is 10.1. The first-order chi connectivity index (χ1) is 7.26. The monoisotopic (exact) mass is 228 g/mol. The van der Waals surface area contributed by atoms with Gasteiger partial charge >= 0.3 is 0 Å². The lowest BCUT2D eigenvalue weighted by Crippen LogP contribution is -2.06. The second-order valence-corrected chi connectivity index (χ2v) is 4.79. The topological polar surface area (TPSA) is 48.1 Å². The van der Waals surface area contributed by atoms with Gasteiger partial charge in [-0.1, -0.05) is 20.3 Å². The lowest BCUT2D eigenvalue weighted by Gasteiger charge is -2.09. The van der Waals surface area contributed by atoms with E-state index >= 15 is 0 Å². The van der Waals surface area contributed by atoms with E-state index in [1.165, 1.54) is 12.8 Å². The van der Waals surface area contributed by atoms with Gasteiger partial charge in [0, 0.05) is 18.5 Å². The normalized spacial score (nSPS) is 13.0. The van der Waals surface area contributed by atoms with Crippen LogP contribution in [0.25, 0.3) is 0 Å². The summed E-state index contributed by atoms with van der Waals surface area (Å²) in [6, 6.07) is 0. The highest BCUT2D eigenvalue weighted by Gasteiger charge is 2.03. The standard InChI is InChI=1S/C11H20N2OS/c1-3-4-9(2)6-14-7-10-8-15-11(5-12)13-10/h8-9H,3-7,12H2,1-2H3. The van der Waals surface area contributed by atoms with Crippen LogP contribution in [0.4, 0.5) is 0 Å². The Kier molecular flexibility index (Phi) is 5.83. The van der Waals surface area contributed by atoms with Crippen LogP contribution in [0, 0.1) is 5.92 Å². The van der Waals surface area contributed by atoms with Gasteiger partial charge < -0.3 is 10.5 Å². The zero-order chi connectivity index (χ0) is 11.1. The van der Waals surface area contributed by atoms with Gasteiger partial charge in [0.05, 0.1) is 12.3 Å². The zero-order valence-corrected chi connectivity index (χ0v) is 10.3. The van der Waals surface area contributed by atoms with Crippen LogP contribution in [-0.4, -0.2) is 11.6 Å². The average Bonchev–Trinajstić information content (AvgIpc) is 2.66. The van der Waals surface area contributed by atoms with Crippen LogP contribution in [0.2, 0.25) is 0 Å². The molecule has 0 saturated carbocycles. The summed E-state index contributed by atoms with van der Waals surface area (Å²) >= 11 is 1.60. The van der Waals surface area contributed by atoms with Crippen molar-refractivity contribution in [1.29, 1.82) is 0 Å². The Hall–Kier alpha value is -0.450. The minimum Gasteiger partial charge on any atom is -0.375 e. The van der Waals surface area contributed by atoms with Crippen molar-refractivity contribution < 1.29 is 4.74 Å². The number of ether oxygens (including phenoxy) is 1. The first-order valence-corrected chi connectivity index (χ1v) is 6.35. The highest BCUT2D eigenvalue weighted by molar-refractivity contribution is 7.09. The van der Waals surface area contributed by atoms with Crippen molar-refractivity contribution in [3.05, 3.63) is 16.1 Å². The molecule has 0 amide bonds. The third-order valence-corrected chi connectivity index (χ3v) is 3.13. The predicted octanol–water partition coefficient (Wildman–Crippen LogP) is 2.55. The van der Waals surface area contributed by atoms with E-state index in [0.29, 0.717) is 19.1 Å². The molecular formula is C11H20N2OS. The molecular weight excluding hydrogens is 208 g/mol. The van der Waals surface area contributed by atoms with Crippen LogP contribution < -0.4 is 5.73 Å². The molecule has 4 heteroatoms. The van der Waals surface area contributed by atoms with Gasteiger partial charge in [-0.3, -0.25) is 0 Å². The van der Waals surface area contributed by atoms with Gasteiger partial charge in [-0.2, -0.15) is 0 Å². The van der Waals surface area contributed by atoms with Crippen molar-refractivity contribution >= 4 is 11.3 Å². The summed E-state index contributed by atoms with van der Waals surface area (Å²) in [6.45, 7) is 6.38. The Morgan fingerprint density at radius 1 is 1.60 bits per heavy atom. The summed E-state index contributed by atoms with van der Waals surface area (Å²) in [5, 5.41) is 3.00. The molecule has 1 aromatic rings. The van der Waals surface area contributed by atoms with E-state index < -0.39 is 0 Å². The molecule has 0 aliphatic heterocycles. The molecule has 15 heavy (non-hydrogen) atoms. The fourth-order valence-corrected chi connectivity index (χ4v) is 2.11. The van der Waals surface area contributed by atoms with E-state index in [2.05, 4.69) is 18.8 Å². The van der Waals surface area contributed by atoms with Crippen molar-refractivity contribution in [2.45, 2.75) is 39.8 Å². The van der Waals surface area contributed by atoms with E-state index in [0.717, 1.165) is 17.3 Å². The predicted molar refractivity (Wildman–Crippen MR) is 63.7 cm³/mol. The van der Waals surface area contributed by atoms with E-state index in [9.17, 15) is 0 Å². The van der Waals surface area contributed by atoms with Crippen LogP contribution in [0.3, 0.4) is 0 Å². The molecule has 0 saturated heterocycles. The summed E-state index contributed by atoms with van der Waals surface area (Å²) in [5.74, 6) is 0.641. The molecule has 0 fully saturated rings. The number of thiazole rings is 1. The van der Waals surface area contributed by atoms with Crippen molar-refractivity contribution in [1.82, 2.24) is 4.98 Å². The first kappa shape index (κ1) is 12.6. The van der Waals surface area contributed by atoms with E-state index in [1.807, 2.05) is 5.38 Å². The number of hydrogen-bond donors (Lipinski definition) is 1. The minimum absolute atomic E-state index is 0.525.